The number of hydrogen-bond donors (Lipinski definition) is 0. The maximum atomic E-state index is 12.9. The van der Waals surface area contributed by atoms with Gasteiger partial charge in [0, 0.05) is 6.42 Å². The van der Waals surface area contributed by atoms with E-state index in [2.05, 4.69) is 13.2 Å². The number of hydrogen-bond acceptors (Lipinski definition) is 3. The van der Waals surface area contributed by atoms with Gasteiger partial charge in [-0.25, -0.2) is 0 Å². The summed E-state index contributed by atoms with van der Waals surface area (Å²) in [5.41, 5.74) is 3.54. The molecule has 0 aromatic rings. The predicted molar refractivity (Wildman–Crippen MR) is 108 cm³/mol. The zero-order chi connectivity index (χ0) is 20.2. The lowest BCUT2D eigenvalue weighted by atomic mass is 10.5. The van der Waals surface area contributed by atoms with E-state index in [1.54, 1.807) is 11.4 Å². The summed E-state index contributed by atoms with van der Waals surface area (Å²) in [7, 11) is -10.2. The number of rotatable bonds is 11. The lowest BCUT2D eigenvalue weighted by Gasteiger charge is -2.43. The molecule has 1 unspecified atom stereocenters. The highest BCUT2D eigenvalue weighted by Gasteiger charge is 2.48. The molecule has 0 N–H and O–H groups in total. The quantitative estimate of drug-likeness (QED) is 0.375. The van der Waals surface area contributed by atoms with Gasteiger partial charge in [-0.15, -0.1) is 13.2 Å². The molecule has 1 atom stereocenters. The lowest BCUT2D eigenvalue weighted by Crippen LogP contribution is -2.58. The van der Waals surface area contributed by atoms with Gasteiger partial charge in [-0.3, -0.25) is 0 Å². The lowest BCUT2D eigenvalue weighted by molar-refractivity contribution is -0.131. The Morgan fingerprint density at radius 3 is 1.64 bits per heavy atom. The molecule has 0 aliphatic rings. The van der Waals surface area contributed by atoms with Gasteiger partial charge in [0.15, 0.2) is 16.6 Å². The Hall–Kier alpha value is 0.0175. The Bertz CT molecular complexity index is 467. The molecule has 0 fully saturated rings. The maximum absolute atomic E-state index is 12.9. The minimum absolute atomic E-state index is 0.118. The van der Waals surface area contributed by atoms with Gasteiger partial charge in [0.1, 0.15) is 0 Å². The second-order valence-electron chi connectivity index (χ2n) is 7.70. The van der Waals surface area contributed by atoms with E-state index in [9.17, 15) is 13.2 Å². The summed E-state index contributed by atoms with van der Waals surface area (Å²) in [6.45, 7) is 21.0. The van der Waals surface area contributed by atoms with Crippen molar-refractivity contribution < 1.29 is 25.5 Å². The van der Waals surface area contributed by atoms with E-state index >= 15 is 0 Å². The summed E-state index contributed by atoms with van der Waals surface area (Å²) in [6.07, 6.45) is -5.14. The summed E-state index contributed by atoms with van der Waals surface area (Å²) in [5.74, 6) is 0. The summed E-state index contributed by atoms with van der Waals surface area (Å²) in [5, 5.41) is 0. The molecule has 0 rings (SSSR count). The van der Waals surface area contributed by atoms with Gasteiger partial charge in [-0.05, 0) is 51.4 Å². The molecule has 0 bridgehead atoms. The third-order valence-electron chi connectivity index (χ3n) is 3.70. The van der Waals surface area contributed by atoms with Crippen molar-refractivity contribution in [3.63, 3.8) is 0 Å². The van der Waals surface area contributed by atoms with Crippen molar-refractivity contribution in [1.82, 2.24) is 0 Å². The highest BCUT2D eigenvalue weighted by molar-refractivity contribution is 6.92. The van der Waals surface area contributed by atoms with Gasteiger partial charge in [-0.1, -0.05) is 18.3 Å². The summed E-state index contributed by atoms with van der Waals surface area (Å²) in [6, 6.07) is 0.330. The Morgan fingerprint density at radius 1 is 0.840 bits per heavy atom. The number of halogens is 3. The van der Waals surface area contributed by atoms with Crippen LogP contribution >= 0.6 is 0 Å². The smallest absolute Gasteiger partial charge is 0.389 e. The molecule has 0 spiro atoms. The Balaban J connectivity index is 5.61. The molecular weight excluding hydrogens is 398 g/mol. The second-order valence-corrected chi connectivity index (χ2v) is 23.2. The molecular formula is C15H33F3O3Si4. The van der Waals surface area contributed by atoms with Gasteiger partial charge in [0.25, 0.3) is 0 Å². The highest BCUT2D eigenvalue weighted by atomic mass is 28.5. The third kappa shape index (κ3) is 10.1. The van der Waals surface area contributed by atoms with Crippen LogP contribution in [0.2, 0.25) is 51.4 Å². The molecule has 0 aromatic carbocycles. The standard InChI is InChI=1S/C15H33F3O3Si4/c1-10-22(4,5)19-24(8,9)21-25(12-3,14-13-15(16,17)18)20-23(6,7)11-2/h10-11H,1-2,12-14H2,3-9H3. The molecule has 10 heteroatoms. The van der Waals surface area contributed by atoms with Crippen LogP contribution in [0.3, 0.4) is 0 Å². The maximum Gasteiger partial charge on any atom is 0.389 e. The summed E-state index contributed by atoms with van der Waals surface area (Å²) >= 11 is 0. The van der Waals surface area contributed by atoms with E-state index < -0.39 is 46.4 Å². The molecule has 0 aromatic heterocycles. The van der Waals surface area contributed by atoms with Crippen LogP contribution in [0, 0.1) is 0 Å². The van der Waals surface area contributed by atoms with Crippen molar-refractivity contribution in [2.45, 2.75) is 70.9 Å². The van der Waals surface area contributed by atoms with Crippen molar-refractivity contribution in [2.24, 2.45) is 0 Å². The Labute approximate surface area is 155 Å². The van der Waals surface area contributed by atoms with Crippen LogP contribution in [-0.4, -0.2) is 39.9 Å². The van der Waals surface area contributed by atoms with Gasteiger partial charge in [0.2, 0.25) is 0 Å². The SMILES string of the molecule is C=C[Si](C)(C)O[Si](C)(C)O[Si](CC)(CCC(F)(F)F)O[Si](C)(C)C=C. The van der Waals surface area contributed by atoms with Crippen LogP contribution in [-0.2, 0) is 12.3 Å². The van der Waals surface area contributed by atoms with Crippen molar-refractivity contribution in [3.05, 3.63) is 24.6 Å². The van der Waals surface area contributed by atoms with Crippen LogP contribution in [0.25, 0.3) is 0 Å². The number of alkyl halides is 3. The Morgan fingerprint density at radius 2 is 1.28 bits per heavy atom. The van der Waals surface area contributed by atoms with Crippen LogP contribution in [0.4, 0.5) is 13.2 Å². The molecule has 148 valence electrons. The largest absolute Gasteiger partial charge is 0.433 e. The minimum Gasteiger partial charge on any atom is -0.433 e. The molecule has 0 saturated carbocycles. The van der Waals surface area contributed by atoms with E-state index in [1.165, 1.54) is 0 Å². The van der Waals surface area contributed by atoms with E-state index in [4.69, 9.17) is 12.3 Å². The first-order chi connectivity index (χ1) is 11.0. The van der Waals surface area contributed by atoms with Crippen LogP contribution in [0.15, 0.2) is 24.6 Å². The van der Waals surface area contributed by atoms with Gasteiger partial charge in [0.05, 0.1) is 0 Å². The normalized spacial score (nSPS) is 16.4. The molecule has 0 amide bonds. The zero-order valence-corrected chi connectivity index (χ0v) is 20.5. The van der Waals surface area contributed by atoms with Gasteiger partial charge < -0.3 is 12.3 Å². The van der Waals surface area contributed by atoms with Crippen molar-refractivity contribution in [2.75, 3.05) is 0 Å². The van der Waals surface area contributed by atoms with Crippen LogP contribution < -0.4 is 0 Å². The summed E-state index contributed by atoms with van der Waals surface area (Å²) in [4.78, 5) is 0. The Kier molecular flexibility index (Phi) is 8.81. The fraction of sp³-hybridized carbons (Fsp3) is 0.733. The summed E-state index contributed by atoms with van der Waals surface area (Å²) < 4.78 is 57.5. The molecule has 3 nitrogen and oxygen atoms in total. The van der Waals surface area contributed by atoms with E-state index in [0.29, 0.717) is 6.04 Å². The van der Waals surface area contributed by atoms with Gasteiger partial charge in [-0.2, -0.15) is 13.2 Å². The van der Waals surface area contributed by atoms with E-state index in [1.807, 2.05) is 46.2 Å². The average Bonchev–Trinajstić information content (AvgIpc) is 2.42. The van der Waals surface area contributed by atoms with Gasteiger partial charge >= 0.3 is 23.3 Å². The topological polar surface area (TPSA) is 27.7 Å². The zero-order valence-electron chi connectivity index (χ0n) is 16.5. The van der Waals surface area contributed by atoms with E-state index in [0.717, 1.165) is 0 Å². The van der Waals surface area contributed by atoms with Crippen molar-refractivity contribution >= 4 is 33.8 Å². The van der Waals surface area contributed by atoms with E-state index in [-0.39, 0.29) is 6.04 Å². The molecule has 25 heavy (non-hydrogen) atoms. The second kappa shape index (κ2) is 8.80. The molecule has 0 heterocycles. The van der Waals surface area contributed by atoms with Crippen molar-refractivity contribution in [1.29, 1.82) is 0 Å². The first-order valence-corrected chi connectivity index (χ1v) is 19.5. The fourth-order valence-corrected chi connectivity index (χ4v) is 19.7. The molecule has 0 aliphatic heterocycles. The monoisotopic (exact) mass is 430 g/mol. The average molecular weight is 431 g/mol. The van der Waals surface area contributed by atoms with Crippen LogP contribution in [0.5, 0.6) is 0 Å². The molecule has 0 aliphatic carbocycles. The fourth-order valence-electron chi connectivity index (χ4n) is 2.44. The van der Waals surface area contributed by atoms with Crippen LogP contribution in [0.1, 0.15) is 13.3 Å². The first kappa shape index (κ1) is 25.0. The predicted octanol–water partition coefficient (Wildman–Crippen LogP) is 6.01. The highest BCUT2D eigenvalue weighted by Crippen LogP contribution is 2.34. The molecule has 0 radical (unpaired) electrons. The third-order valence-corrected chi connectivity index (χ3v) is 18.9. The first-order valence-electron chi connectivity index (χ1n) is 8.45. The minimum atomic E-state index is -4.23. The van der Waals surface area contributed by atoms with Crippen molar-refractivity contribution in [3.8, 4) is 0 Å². The molecule has 0 saturated heterocycles.